The molecule has 3 heteroatoms. The van der Waals surface area contributed by atoms with E-state index in [0.29, 0.717) is 0 Å². The highest BCUT2D eigenvalue weighted by Crippen LogP contribution is 2.21. The number of aryl methyl sites for hydroxylation is 1. The van der Waals surface area contributed by atoms with Crippen LogP contribution in [0.3, 0.4) is 0 Å². The lowest BCUT2D eigenvalue weighted by Gasteiger charge is -2.26. The van der Waals surface area contributed by atoms with E-state index < -0.39 is 0 Å². The maximum atomic E-state index is 13.2. The van der Waals surface area contributed by atoms with Crippen molar-refractivity contribution in [1.82, 2.24) is 10.3 Å². The zero-order chi connectivity index (χ0) is 13.1. The Labute approximate surface area is 113 Å². The van der Waals surface area contributed by atoms with Crippen LogP contribution in [0, 0.1) is 5.82 Å². The molecule has 0 aliphatic heterocycles. The molecule has 2 nitrogen and oxygen atoms in total. The Morgan fingerprint density at radius 2 is 2.16 bits per heavy atom. The first-order valence-corrected chi connectivity index (χ1v) is 7.32. The minimum Gasteiger partial charge on any atom is -0.361 e. The van der Waals surface area contributed by atoms with Crippen molar-refractivity contribution in [2.45, 2.75) is 44.6 Å². The summed E-state index contributed by atoms with van der Waals surface area (Å²) in [6.07, 6.45) is 9.48. The average Bonchev–Trinajstić information content (AvgIpc) is 2.74. The standard InChI is InChI=1S/C16H21FN2/c17-13-7-8-16-15(10-13)12(11-19-16)4-1-2-9-18-14-5-3-6-14/h7-8,10-11,14,18-19H,1-6,9H2. The van der Waals surface area contributed by atoms with Crippen LogP contribution in [0.25, 0.3) is 10.9 Å². The molecule has 2 aromatic rings. The van der Waals surface area contributed by atoms with Gasteiger partial charge in [-0.25, -0.2) is 4.39 Å². The largest absolute Gasteiger partial charge is 0.361 e. The van der Waals surface area contributed by atoms with E-state index in [1.807, 2.05) is 12.3 Å². The molecule has 0 spiro atoms. The third kappa shape index (κ3) is 2.98. The van der Waals surface area contributed by atoms with Gasteiger partial charge in [-0.15, -0.1) is 0 Å². The van der Waals surface area contributed by atoms with Gasteiger partial charge in [0.05, 0.1) is 0 Å². The van der Waals surface area contributed by atoms with E-state index >= 15 is 0 Å². The predicted octanol–water partition coefficient (Wildman–Crippen LogP) is 3.77. The molecule has 102 valence electrons. The van der Waals surface area contributed by atoms with E-state index in [1.165, 1.54) is 37.3 Å². The predicted molar refractivity (Wildman–Crippen MR) is 76.8 cm³/mol. The molecule has 1 aliphatic rings. The van der Waals surface area contributed by atoms with Gasteiger partial charge >= 0.3 is 0 Å². The van der Waals surface area contributed by atoms with Crippen LogP contribution in [0.2, 0.25) is 0 Å². The summed E-state index contributed by atoms with van der Waals surface area (Å²) in [6.45, 7) is 1.11. The second-order valence-corrected chi connectivity index (χ2v) is 5.54. The molecule has 2 N–H and O–H groups in total. The van der Waals surface area contributed by atoms with E-state index in [9.17, 15) is 4.39 Å². The fourth-order valence-electron chi connectivity index (χ4n) is 2.72. The second kappa shape index (κ2) is 5.74. The van der Waals surface area contributed by atoms with Crippen molar-refractivity contribution in [2.75, 3.05) is 6.54 Å². The third-order valence-corrected chi connectivity index (χ3v) is 4.14. The lowest BCUT2D eigenvalue weighted by Crippen LogP contribution is -2.35. The van der Waals surface area contributed by atoms with E-state index in [-0.39, 0.29) is 5.82 Å². The van der Waals surface area contributed by atoms with Gasteiger partial charge in [-0.1, -0.05) is 6.42 Å². The van der Waals surface area contributed by atoms with E-state index in [0.717, 1.165) is 36.3 Å². The Hall–Kier alpha value is -1.35. The van der Waals surface area contributed by atoms with Crippen molar-refractivity contribution in [1.29, 1.82) is 0 Å². The minimum absolute atomic E-state index is 0.153. The Morgan fingerprint density at radius 3 is 2.95 bits per heavy atom. The summed E-state index contributed by atoms with van der Waals surface area (Å²) in [6, 6.07) is 5.73. The highest BCUT2D eigenvalue weighted by Gasteiger charge is 2.15. The fraction of sp³-hybridized carbons (Fsp3) is 0.500. The van der Waals surface area contributed by atoms with Crippen LogP contribution in [0.4, 0.5) is 4.39 Å². The molecule has 1 aromatic carbocycles. The molecule has 1 aliphatic carbocycles. The number of nitrogens with one attached hydrogen (secondary N) is 2. The number of H-pyrrole nitrogens is 1. The van der Waals surface area contributed by atoms with Gasteiger partial charge in [0, 0.05) is 23.1 Å². The van der Waals surface area contributed by atoms with Gasteiger partial charge in [-0.2, -0.15) is 0 Å². The quantitative estimate of drug-likeness (QED) is 0.760. The van der Waals surface area contributed by atoms with Crippen molar-refractivity contribution in [3.8, 4) is 0 Å². The Bertz CT molecular complexity index is 543. The molecule has 0 saturated heterocycles. The monoisotopic (exact) mass is 260 g/mol. The number of hydrogen-bond donors (Lipinski definition) is 2. The van der Waals surface area contributed by atoms with Gasteiger partial charge in [0.1, 0.15) is 5.82 Å². The first-order chi connectivity index (χ1) is 9.33. The van der Waals surface area contributed by atoms with Crippen LogP contribution < -0.4 is 5.32 Å². The summed E-state index contributed by atoms with van der Waals surface area (Å²) >= 11 is 0. The minimum atomic E-state index is -0.153. The van der Waals surface area contributed by atoms with Gasteiger partial charge in [0.2, 0.25) is 0 Å². The molecule has 19 heavy (non-hydrogen) atoms. The number of unbranched alkanes of at least 4 members (excludes halogenated alkanes) is 1. The van der Waals surface area contributed by atoms with Crippen molar-refractivity contribution in [3.05, 3.63) is 35.8 Å². The van der Waals surface area contributed by atoms with Crippen LogP contribution in [0.5, 0.6) is 0 Å². The van der Waals surface area contributed by atoms with Gasteiger partial charge in [0.15, 0.2) is 0 Å². The van der Waals surface area contributed by atoms with Gasteiger partial charge in [-0.05, 0) is 62.4 Å². The summed E-state index contributed by atoms with van der Waals surface area (Å²) in [5.74, 6) is -0.153. The van der Waals surface area contributed by atoms with Gasteiger partial charge in [-0.3, -0.25) is 0 Å². The molecule has 0 amide bonds. The fourth-order valence-corrected chi connectivity index (χ4v) is 2.72. The molecule has 1 aromatic heterocycles. The van der Waals surface area contributed by atoms with Crippen molar-refractivity contribution < 1.29 is 4.39 Å². The normalized spacial score (nSPS) is 15.8. The van der Waals surface area contributed by atoms with Crippen LogP contribution in [-0.2, 0) is 6.42 Å². The van der Waals surface area contributed by atoms with E-state index in [2.05, 4.69) is 10.3 Å². The molecule has 1 fully saturated rings. The topological polar surface area (TPSA) is 27.8 Å². The number of hydrogen-bond acceptors (Lipinski definition) is 1. The Morgan fingerprint density at radius 1 is 1.26 bits per heavy atom. The number of aromatic nitrogens is 1. The summed E-state index contributed by atoms with van der Waals surface area (Å²) in [7, 11) is 0. The average molecular weight is 260 g/mol. The highest BCUT2D eigenvalue weighted by atomic mass is 19.1. The number of rotatable bonds is 6. The SMILES string of the molecule is Fc1ccc2[nH]cc(CCCCNC3CCC3)c2c1. The molecule has 0 radical (unpaired) electrons. The second-order valence-electron chi connectivity index (χ2n) is 5.54. The smallest absolute Gasteiger partial charge is 0.123 e. The van der Waals surface area contributed by atoms with Crippen molar-refractivity contribution in [2.24, 2.45) is 0 Å². The Kier molecular flexibility index (Phi) is 3.83. The van der Waals surface area contributed by atoms with E-state index in [4.69, 9.17) is 0 Å². The maximum absolute atomic E-state index is 13.2. The molecule has 1 saturated carbocycles. The zero-order valence-electron chi connectivity index (χ0n) is 11.2. The zero-order valence-corrected chi connectivity index (χ0v) is 11.2. The van der Waals surface area contributed by atoms with Crippen LogP contribution in [-0.4, -0.2) is 17.6 Å². The molecule has 0 unspecified atom stereocenters. The third-order valence-electron chi connectivity index (χ3n) is 4.14. The molecule has 1 heterocycles. The number of aromatic amines is 1. The first-order valence-electron chi connectivity index (χ1n) is 7.32. The summed E-state index contributed by atoms with van der Waals surface area (Å²) in [5.41, 5.74) is 2.27. The summed E-state index contributed by atoms with van der Waals surface area (Å²) in [4.78, 5) is 3.21. The maximum Gasteiger partial charge on any atom is 0.123 e. The van der Waals surface area contributed by atoms with Crippen molar-refractivity contribution in [3.63, 3.8) is 0 Å². The lowest BCUT2D eigenvalue weighted by atomic mass is 9.93. The number of fused-ring (bicyclic) bond motifs is 1. The molecule has 0 bridgehead atoms. The molecular weight excluding hydrogens is 239 g/mol. The van der Waals surface area contributed by atoms with Gasteiger partial charge in [0.25, 0.3) is 0 Å². The van der Waals surface area contributed by atoms with Crippen LogP contribution >= 0.6 is 0 Å². The first kappa shape index (κ1) is 12.7. The number of benzene rings is 1. The lowest BCUT2D eigenvalue weighted by molar-refractivity contribution is 0.338. The van der Waals surface area contributed by atoms with Crippen LogP contribution in [0.1, 0.15) is 37.7 Å². The number of halogens is 1. The molecule has 3 rings (SSSR count). The van der Waals surface area contributed by atoms with E-state index in [1.54, 1.807) is 6.07 Å². The summed E-state index contributed by atoms with van der Waals surface area (Å²) in [5, 5.41) is 4.61. The Balaban J connectivity index is 1.49. The molecular formula is C16H21FN2. The molecule has 0 atom stereocenters. The highest BCUT2D eigenvalue weighted by molar-refractivity contribution is 5.83. The van der Waals surface area contributed by atoms with Gasteiger partial charge < -0.3 is 10.3 Å². The summed E-state index contributed by atoms with van der Waals surface area (Å²) < 4.78 is 13.2. The van der Waals surface area contributed by atoms with Crippen LogP contribution in [0.15, 0.2) is 24.4 Å². The van der Waals surface area contributed by atoms with Crippen molar-refractivity contribution >= 4 is 10.9 Å².